The average molecular weight is 325 g/mol. The minimum absolute atomic E-state index is 0.202. The van der Waals surface area contributed by atoms with E-state index in [0.717, 1.165) is 5.56 Å². The molecule has 0 fully saturated rings. The molecule has 0 aliphatic rings. The Bertz CT molecular complexity index is 696. The van der Waals surface area contributed by atoms with Gasteiger partial charge in [0.1, 0.15) is 0 Å². The summed E-state index contributed by atoms with van der Waals surface area (Å²) >= 11 is 4.81. The van der Waals surface area contributed by atoms with Crippen LogP contribution in [0.2, 0.25) is 0 Å². The fraction of sp³-hybridized carbons (Fsp3) is 0.250. The van der Waals surface area contributed by atoms with E-state index in [1.54, 1.807) is 23.0 Å². The number of nitrogens with one attached hydrogen (secondary N) is 1. The summed E-state index contributed by atoms with van der Waals surface area (Å²) in [6.45, 7) is 0.652. The summed E-state index contributed by atoms with van der Waals surface area (Å²) in [6, 6.07) is 6.47. The molecule has 1 aromatic heterocycles. The monoisotopic (exact) mass is 325 g/mol. The van der Waals surface area contributed by atoms with Gasteiger partial charge in [0.2, 0.25) is 10.0 Å². The summed E-state index contributed by atoms with van der Waals surface area (Å²) in [5.41, 5.74) is 6.33. The number of nitrogens with two attached hydrogens (primary N) is 1. The standard InChI is InChI=1S/C12H15N5O2S2/c13-12(20)9-10-1-3-11(4-2-10)21(18,19)15-6-8-17-7-5-14-16-17/h1-5,7,15H,6,8-9H2,(H2,13,20). The number of hydrogen-bond acceptors (Lipinski definition) is 5. The number of rotatable bonds is 7. The molecule has 2 rings (SSSR count). The molecule has 7 nitrogen and oxygen atoms in total. The van der Waals surface area contributed by atoms with Crippen LogP contribution in [0.3, 0.4) is 0 Å². The van der Waals surface area contributed by atoms with Crippen LogP contribution in [0.25, 0.3) is 0 Å². The zero-order valence-corrected chi connectivity index (χ0v) is 12.8. The highest BCUT2D eigenvalue weighted by molar-refractivity contribution is 7.89. The number of hydrogen-bond donors (Lipinski definition) is 2. The zero-order valence-electron chi connectivity index (χ0n) is 11.1. The Morgan fingerprint density at radius 2 is 2.05 bits per heavy atom. The van der Waals surface area contributed by atoms with Gasteiger partial charge in [0.25, 0.3) is 0 Å². The van der Waals surface area contributed by atoms with Gasteiger partial charge in [-0.05, 0) is 17.7 Å². The van der Waals surface area contributed by atoms with Crippen molar-refractivity contribution in [2.24, 2.45) is 5.73 Å². The predicted molar refractivity (Wildman–Crippen MR) is 82.1 cm³/mol. The molecule has 0 radical (unpaired) electrons. The van der Waals surface area contributed by atoms with Crippen molar-refractivity contribution in [3.8, 4) is 0 Å². The number of benzene rings is 1. The third-order valence-electron chi connectivity index (χ3n) is 2.72. The van der Waals surface area contributed by atoms with Crippen LogP contribution in [0, 0.1) is 0 Å². The Morgan fingerprint density at radius 1 is 1.33 bits per heavy atom. The van der Waals surface area contributed by atoms with Crippen LogP contribution in [0.5, 0.6) is 0 Å². The lowest BCUT2D eigenvalue weighted by atomic mass is 10.1. The second-order valence-electron chi connectivity index (χ2n) is 4.35. The van der Waals surface area contributed by atoms with Crippen molar-refractivity contribution in [3.05, 3.63) is 42.2 Å². The van der Waals surface area contributed by atoms with Gasteiger partial charge in [-0.15, -0.1) is 5.10 Å². The molecule has 21 heavy (non-hydrogen) atoms. The number of sulfonamides is 1. The van der Waals surface area contributed by atoms with Gasteiger partial charge < -0.3 is 5.73 Å². The van der Waals surface area contributed by atoms with E-state index in [9.17, 15) is 8.42 Å². The summed E-state index contributed by atoms with van der Waals surface area (Å²) in [5.74, 6) is 0. The van der Waals surface area contributed by atoms with Gasteiger partial charge in [0, 0.05) is 19.2 Å². The van der Waals surface area contributed by atoms with Crippen molar-refractivity contribution in [1.29, 1.82) is 0 Å². The van der Waals surface area contributed by atoms with Gasteiger partial charge in [0.15, 0.2) is 0 Å². The third-order valence-corrected chi connectivity index (χ3v) is 4.34. The number of thiocarbonyl (C=S) groups is 1. The molecule has 0 atom stereocenters. The molecule has 1 heterocycles. The molecule has 0 spiro atoms. The average Bonchev–Trinajstić information content (AvgIpc) is 2.91. The van der Waals surface area contributed by atoms with Crippen LogP contribution < -0.4 is 10.5 Å². The molecule has 112 valence electrons. The van der Waals surface area contributed by atoms with Gasteiger partial charge in [-0.2, -0.15) is 0 Å². The van der Waals surface area contributed by atoms with Crippen LogP contribution in [0.1, 0.15) is 5.56 Å². The van der Waals surface area contributed by atoms with Gasteiger partial charge >= 0.3 is 0 Å². The quantitative estimate of drug-likeness (QED) is 0.699. The highest BCUT2D eigenvalue weighted by Crippen LogP contribution is 2.11. The largest absolute Gasteiger partial charge is 0.393 e. The Morgan fingerprint density at radius 3 is 2.62 bits per heavy atom. The van der Waals surface area contributed by atoms with Gasteiger partial charge in [-0.25, -0.2) is 13.1 Å². The number of nitrogens with zero attached hydrogens (tertiary/aromatic N) is 3. The molecule has 0 bridgehead atoms. The summed E-state index contributed by atoms with van der Waals surface area (Å²) in [5, 5.41) is 7.40. The lowest BCUT2D eigenvalue weighted by Crippen LogP contribution is -2.27. The first-order valence-corrected chi connectivity index (χ1v) is 8.07. The van der Waals surface area contributed by atoms with Crippen LogP contribution in [-0.4, -0.2) is 34.9 Å². The maximum absolute atomic E-state index is 12.1. The van der Waals surface area contributed by atoms with Gasteiger partial charge in [-0.3, -0.25) is 4.68 Å². The highest BCUT2D eigenvalue weighted by atomic mass is 32.2. The molecule has 0 aliphatic heterocycles. The second kappa shape index (κ2) is 6.74. The Kier molecular flexibility index (Phi) is 4.99. The minimum atomic E-state index is -3.53. The summed E-state index contributed by atoms with van der Waals surface area (Å²) in [4.78, 5) is 0.573. The second-order valence-corrected chi connectivity index (χ2v) is 6.64. The molecule has 0 unspecified atom stereocenters. The summed E-state index contributed by atoms with van der Waals surface area (Å²) in [7, 11) is -3.53. The van der Waals surface area contributed by atoms with Gasteiger partial charge in [-0.1, -0.05) is 29.6 Å². The van der Waals surface area contributed by atoms with Crippen molar-refractivity contribution < 1.29 is 8.42 Å². The van der Waals surface area contributed by atoms with Crippen molar-refractivity contribution in [3.63, 3.8) is 0 Å². The van der Waals surface area contributed by atoms with E-state index in [0.29, 0.717) is 18.0 Å². The van der Waals surface area contributed by atoms with Crippen LogP contribution in [0.4, 0.5) is 0 Å². The molecular weight excluding hydrogens is 310 g/mol. The van der Waals surface area contributed by atoms with E-state index >= 15 is 0 Å². The van der Waals surface area contributed by atoms with Crippen molar-refractivity contribution in [2.75, 3.05) is 6.54 Å². The van der Waals surface area contributed by atoms with Crippen LogP contribution in [0.15, 0.2) is 41.6 Å². The normalized spacial score (nSPS) is 11.4. The molecular formula is C12H15N5O2S2. The van der Waals surface area contributed by atoms with E-state index in [1.165, 1.54) is 18.3 Å². The van der Waals surface area contributed by atoms with Crippen molar-refractivity contribution >= 4 is 27.2 Å². The molecule has 0 saturated carbocycles. The molecule has 2 aromatic rings. The lowest BCUT2D eigenvalue weighted by molar-refractivity contribution is 0.553. The smallest absolute Gasteiger partial charge is 0.240 e. The van der Waals surface area contributed by atoms with E-state index in [-0.39, 0.29) is 11.4 Å². The highest BCUT2D eigenvalue weighted by Gasteiger charge is 2.13. The molecule has 0 amide bonds. The first kappa shape index (κ1) is 15.5. The lowest BCUT2D eigenvalue weighted by Gasteiger charge is -2.07. The van der Waals surface area contributed by atoms with E-state index < -0.39 is 10.0 Å². The topological polar surface area (TPSA) is 103 Å². The first-order chi connectivity index (χ1) is 9.97. The third kappa shape index (κ3) is 4.59. The Hall–Kier alpha value is -1.84. The Balaban J connectivity index is 1.96. The van der Waals surface area contributed by atoms with Crippen molar-refractivity contribution in [1.82, 2.24) is 19.7 Å². The van der Waals surface area contributed by atoms with E-state index in [2.05, 4.69) is 15.0 Å². The molecule has 0 aliphatic carbocycles. The first-order valence-electron chi connectivity index (χ1n) is 6.18. The van der Waals surface area contributed by atoms with Crippen molar-refractivity contribution in [2.45, 2.75) is 17.9 Å². The summed E-state index contributed by atoms with van der Waals surface area (Å²) in [6.07, 6.45) is 3.66. The van der Waals surface area contributed by atoms with E-state index in [4.69, 9.17) is 18.0 Å². The minimum Gasteiger partial charge on any atom is -0.393 e. The van der Waals surface area contributed by atoms with Crippen LogP contribution in [-0.2, 0) is 23.0 Å². The zero-order chi connectivity index (χ0) is 15.3. The van der Waals surface area contributed by atoms with Crippen LogP contribution >= 0.6 is 12.2 Å². The van der Waals surface area contributed by atoms with Gasteiger partial charge in [0.05, 0.1) is 22.6 Å². The molecule has 0 saturated heterocycles. The molecule has 1 aromatic carbocycles. The van der Waals surface area contributed by atoms with E-state index in [1.807, 2.05) is 0 Å². The molecule has 3 N–H and O–H groups in total. The maximum Gasteiger partial charge on any atom is 0.240 e. The molecule has 9 heteroatoms. The maximum atomic E-state index is 12.1. The fourth-order valence-electron chi connectivity index (χ4n) is 1.72. The summed E-state index contributed by atoms with van der Waals surface area (Å²) < 4.78 is 28.2. The fourth-order valence-corrected chi connectivity index (χ4v) is 2.91. The Labute approximate surface area is 128 Å². The number of aromatic nitrogens is 3. The predicted octanol–water partition coefficient (Wildman–Crippen LogP) is 0.0852. The SMILES string of the molecule is NC(=S)Cc1ccc(S(=O)(=O)NCCn2ccnn2)cc1.